The van der Waals surface area contributed by atoms with Crippen molar-refractivity contribution in [2.75, 3.05) is 26.3 Å². The fraction of sp³-hybridized carbons (Fsp3) is 0.273. The van der Waals surface area contributed by atoms with Crippen molar-refractivity contribution < 1.29 is 9.53 Å². The summed E-state index contributed by atoms with van der Waals surface area (Å²) in [6, 6.07) is 16.9. The van der Waals surface area contributed by atoms with Gasteiger partial charge in [-0.15, -0.1) is 0 Å². The summed E-state index contributed by atoms with van der Waals surface area (Å²) in [5.74, 6) is -0.250. The Morgan fingerprint density at radius 3 is 2.54 bits per heavy atom. The third kappa shape index (κ3) is 4.30. The molecule has 1 saturated heterocycles. The van der Waals surface area contributed by atoms with Gasteiger partial charge in [-0.1, -0.05) is 42.5 Å². The lowest BCUT2D eigenvalue weighted by Crippen LogP contribution is -2.35. The highest BCUT2D eigenvalue weighted by Crippen LogP contribution is 2.15. The van der Waals surface area contributed by atoms with Crippen LogP contribution in [-0.4, -0.2) is 42.1 Å². The van der Waals surface area contributed by atoms with E-state index in [2.05, 4.69) is 27.3 Å². The molecule has 1 aromatic heterocycles. The van der Waals surface area contributed by atoms with Crippen molar-refractivity contribution in [1.82, 2.24) is 15.2 Å². The van der Waals surface area contributed by atoms with Crippen LogP contribution in [0.5, 0.6) is 0 Å². The zero-order valence-electron chi connectivity index (χ0n) is 15.6. The van der Waals surface area contributed by atoms with Crippen LogP contribution in [0.2, 0.25) is 0 Å². The molecule has 28 heavy (non-hydrogen) atoms. The number of carbonyl (C=O) groups is 1. The Hall–Kier alpha value is -2.96. The third-order valence-electron chi connectivity index (χ3n) is 4.98. The number of pyridine rings is 1. The summed E-state index contributed by atoms with van der Waals surface area (Å²) in [4.78, 5) is 29.6. The van der Waals surface area contributed by atoms with Crippen LogP contribution in [0.3, 0.4) is 0 Å². The van der Waals surface area contributed by atoms with Crippen molar-refractivity contribution in [3.8, 4) is 0 Å². The standard InChI is InChI=1S/C22H23N3O3/c26-21-13-19(18-3-1-2-4-20(18)24-21)22(27)23-14-16-5-7-17(8-6-16)15-25-9-11-28-12-10-25/h1-8,13H,9-12,14-15H2,(H,23,27)(H,24,26). The predicted molar refractivity (Wildman–Crippen MR) is 108 cm³/mol. The minimum Gasteiger partial charge on any atom is -0.379 e. The number of nitrogens with one attached hydrogen (secondary N) is 2. The van der Waals surface area contributed by atoms with E-state index in [4.69, 9.17) is 4.74 Å². The molecular formula is C22H23N3O3. The van der Waals surface area contributed by atoms with Gasteiger partial charge in [0.2, 0.25) is 5.56 Å². The molecule has 6 heteroatoms. The highest BCUT2D eigenvalue weighted by atomic mass is 16.5. The summed E-state index contributed by atoms with van der Waals surface area (Å²) in [5.41, 5.74) is 3.04. The molecule has 0 unspecified atom stereocenters. The van der Waals surface area contributed by atoms with Gasteiger partial charge in [-0.05, 0) is 17.2 Å². The van der Waals surface area contributed by atoms with E-state index in [9.17, 15) is 9.59 Å². The van der Waals surface area contributed by atoms with Crippen molar-refractivity contribution in [2.24, 2.45) is 0 Å². The zero-order valence-corrected chi connectivity index (χ0v) is 15.6. The molecule has 0 aliphatic carbocycles. The van der Waals surface area contributed by atoms with E-state index in [1.54, 1.807) is 6.07 Å². The molecule has 0 atom stereocenters. The normalized spacial score (nSPS) is 14.9. The Labute approximate surface area is 163 Å². The first-order valence-corrected chi connectivity index (χ1v) is 9.47. The molecule has 0 spiro atoms. The number of nitrogens with zero attached hydrogens (tertiary/aromatic N) is 1. The molecule has 2 N–H and O–H groups in total. The Morgan fingerprint density at radius 1 is 1.04 bits per heavy atom. The molecule has 2 heterocycles. The Balaban J connectivity index is 1.40. The summed E-state index contributed by atoms with van der Waals surface area (Å²) in [6.45, 7) is 4.83. The van der Waals surface area contributed by atoms with Crippen LogP contribution in [0.1, 0.15) is 21.5 Å². The molecule has 0 saturated carbocycles. The van der Waals surface area contributed by atoms with Crippen LogP contribution < -0.4 is 10.9 Å². The van der Waals surface area contributed by atoms with Crippen LogP contribution in [-0.2, 0) is 17.8 Å². The van der Waals surface area contributed by atoms with Crippen molar-refractivity contribution >= 4 is 16.8 Å². The average molecular weight is 377 g/mol. The quantitative estimate of drug-likeness (QED) is 0.715. The van der Waals surface area contributed by atoms with Crippen LogP contribution in [0.15, 0.2) is 59.4 Å². The number of benzene rings is 2. The zero-order chi connectivity index (χ0) is 19.3. The minimum absolute atomic E-state index is 0.250. The van der Waals surface area contributed by atoms with Crippen molar-refractivity contribution in [1.29, 1.82) is 0 Å². The smallest absolute Gasteiger partial charge is 0.252 e. The maximum atomic E-state index is 12.6. The Bertz CT molecular complexity index is 1020. The van der Waals surface area contributed by atoms with Crippen molar-refractivity contribution in [3.05, 3.63) is 81.6 Å². The number of ether oxygens (including phenoxy) is 1. The second-order valence-corrected chi connectivity index (χ2v) is 6.98. The lowest BCUT2D eigenvalue weighted by Gasteiger charge is -2.26. The van der Waals surface area contributed by atoms with Crippen LogP contribution in [0, 0.1) is 0 Å². The first kappa shape index (κ1) is 18.4. The van der Waals surface area contributed by atoms with Crippen molar-refractivity contribution in [3.63, 3.8) is 0 Å². The molecule has 0 bridgehead atoms. The topological polar surface area (TPSA) is 74.4 Å². The number of hydrogen-bond acceptors (Lipinski definition) is 4. The summed E-state index contributed by atoms with van der Waals surface area (Å²) in [7, 11) is 0. The maximum absolute atomic E-state index is 12.6. The number of para-hydroxylation sites is 1. The first-order valence-electron chi connectivity index (χ1n) is 9.47. The summed E-state index contributed by atoms with van der Waals surface area (Å²) >= 11 is 0. The Kier molecular flexibility index (Phi) is 5.50. The number of hydrogen-bond donors (Lipinski definition) is 2. The maximum Gasteiger partial charge on any atom is 0.252 e. The largest absolute Gasteiger partial charge is 0.379 e. The molecule has 0 radical (unpaired) electrons. The van der Waals surface area contributed by atoms with E-state index in [1.807, 2.05) is 30.3 Å². The van der Waals surface area contributed by atoms with Crippen LogP contribution >= 0.6 is 0 Å². The molecule has 2 aromatic carbocycles. The van der Waals surface area contributed by atoms with Gasteiger partial charge >= 0.3 is 0 Å². The molecule has 144 valence electrons. The number of H-pyrrole nitrogens is 1. The van der Waals surface area contributed by atoms with E-state index in [0.29, 0.717) is 17.6 Å². The second-order valence-electron chi connectivity index (χ2n) is 6.98. The molecule has 1 fully saturated rings. The van der Waals surface area contributed by atoms with Gasteiger partial charge in [-0.3, -0.25) is 14.5 Å². The lowest BCUT2D eigenvalue weighted by atomic mass is 10.1. The number of amides is 1. The summed E-state index contributed by atoms with van der Waals surface area (Å²) in [6.07, 6.45) is 0. The highest BCUT2D eigenvalue weighted by molar-refractivity contribution is 6.05. The molecule has 3 aromatic rings. The molecule has 6 nitrogen and oxygen atoms in total. The molecule has 4 rings (SSSR count). The first-order chi connectivity index (χ1) is 13.7. The molecule has 1 aliphatic heterocycles. The van der Waals surface area contributed by atoms with Gasteiger partial charge < -0.3 is 15.0 Å². The van der Waals surface area contributed by atoms with Crippen molar-refractivity contribution in [2.45, 2.75) is 13.1 Å². The predicted octanol–water partition coefficient (Wildman–Crippen LogP) is 2.29. The molecule has 1 aliphatic rings. The summed E-state index contributed by atoms with van der Waals surface area (Å²) in [5, 5.41) is 3.65. The van der Waals surface area contributed by atoms with Crippen LogP contribution in [0.4, 0.5) is 0 Å². The van der Waals surface area contributed by atoms with Gasteiger partial charge in [0.05, 0.1) is 18.8 Å². The van der Waals surface area contributed by atoms with Gasteiger partial charge in [-0.2, -0.15) is 0 Å². The Morgan fingerprint density at radius 2 is 1.75 bits per heavy atom. The van der Waals surface area contributed by atoms with Crippen LogP contribution in [0.25, 0.3) is 10.9 Å². The van der Waals surface area contributed by atoms with Gasteiger partial charge in [0, 0.05) is 43.1 Å². The fourth-order valence-electron chi connectivity index (χ4n) is 3.45. The van der Waals surface area contributed by atoms with Gasteiger partial charge in [-0.25, -0.2) is 0 Å². The lowest BCUT2D eigenvalue weighted by molar-refractivity contribution is 0.0342. The number of fused-ring (bicyclic) bond motifs is 1. The average Bonchev–Trinajstić information content (AvgIpc) is 2.73. The summed E-state index contributed by atoms with van der Waals surface area (Å²) < 4.78 is 5.38. The molecular weight excluding hydrogens is 354 g/mol. The SMILES string of the molecule is O=C(NCc1ccc(CN2CCOCC2)cc1)c1cc(=O)[nH]c2ccccc12. The number of aromatic nitrogens is 1. The number of rotatable bonds is 5. The number of aromatic amines is 1. The minimum atomic E-state index is -0.281. The van der Waals surface area contributed by atoms with E-state index in [0.717, 1.165) is 43.8 Å². The third-order valence-corrected chi connectivity index (χ3v) is 4.98. The highest BCUT2D eigenvalue weighted by Gasteiger charge is 2.12. The van der Waals surface area contributed by atoms with E-state index in [1.165, 1.54) is 11.6 Å². The number of morpholine rings is 1. The van der Waals surface area contributed by atoms with Gasteiger partial charge in [0.25, 0.3) is 5.91 Å². The van der Waals surface area contributed by atoms with E-state index >= 15 is 0 Å². The van der Waals surface area contributed by atoms with Gasteiger partial charge in [0.1, 0.15) is 0 Å². The second kappa shape index (κ2) is 8.37. The van der Waals surface area contributed by atoms with E-state index < -0.39 is 0 Å². The molecule has 1 amide bonds. The number of carbonyl (C=O) groups excluding carboxylic acids is 1. The van der Waals surface area contributed by atoms with Gasteiger partial charge in [0.15, 0.2) is 0 Å². The monoisotopic (exact) mass is 377 g/mol. The fourth-order valence-corrected chi connectivity index (χ4v) is 3.45. The van der Waals surface area contributed by atoms with E-state index in [-0.39, 0.29) is 11.5 Å².